The zero-order valence-corrected chi connectivity index (χ0v) is 16.8. The summed E-state index contributed by atoms with van der Waals surface area (Å²) in [5.41, 5.74) is 1.43. The average Bonchev–Trinajstić information content (AvgIpc) is 2.98. The molecule has 0 radical (unpaired) electrons. The van der Waals surface area contributed by atoms with Crippen molar-refractivity contribution in [2.24, 2.45) is 0 Å². The SMILES string of the molecule is C=CCC1(NCc2ccc3c(c2)C(=O)N(C2CCC(=O)NC2=O)C3=O)CCCNC1. The van der Waals surface area contributed by atoms with Crippen molar-refractivity contribution in [3.05, 3.63) is 47.5 Å². The van der Waals surface area contributed by atoms with E-state index in [1.54, 1.807) is 12.1 Å². The minimum Gasteiger partial charge on any atom is -0.315 e. The summed E-state index contributed by atoms with van der Waals surface area (Å²) in [5.74, 6) is -1.94. The summed E-state index contributed by atoms with van der Waals surface area (Å²) in [6, 6.07) is 4.27. The largest absolute Gasteiger partial charge is 0.315 e. The van der Waals surface area contributed by atoms with Gasteiger partial charge in [-0.25, -0.2) is 0 Å². The van der Waals surface area contributed by atoms with Crippen molar-refractivity contribution in [3.8, 4) is 0 Å². The van der Waals surface area contributed by atoms with Gasteiger partial charge >= 0.3 is 0 Å². The van der Waals surface area contributed by atoms with Gasteiger partial charge in [0.25, 0.3) is 11.8 Å². The van der Waals surface area contributed by atoms with Crippen LogP contribution in [0, 0.1) is 0 Å². The molecule has 0 aliphatic carbocycles. The van der Waals surface area contributed by atoms with Crippen molar-refractivity contribution in [2.45, 2.75) is 50.2 Å². The van der Waals surface area contributed by atoms with Gasteiger partial charge in [-0.3, -0.25) is 29.4 Å². The summed E-state index contributed by atoms with van der Waals surface area (Å²) in [4.78, 5) is 50.3. The third-order valence-electron chi connectivity index (χ3n) is 6.18. The van der Waals surface area contributed by atoms with Gasteiger partial charge in [-0.1, -0.05) is 12.1 Å². The molecule has 2 atom stereocenters. The monoisotopic (exact) mass is 410 g/mol. The fourth-order valence-corrected chi connectivity index (χ4v) is 4.56. The predicted octanol–water partition coefficient (Wildman–Crippen LogP) is 0.876. The number of carbonyl (C=O) groups is 4. The normalized spacial score (nSPS) is 26.5. The number of carbonyl (C=O) groups excluding carboxylic acids is 4. The first-order valence-electron chi connectivity index (χ1n) is 10.4. The molecule has 4 rings (SSSR count). The van der Waals surface area contributed by atoms with Crippen molar-refractivity contribution in [1.29, 1.82) is 0 Å². The second-order valence-electron chi connectivity index (χ2n) is 8.23. The zero-order chi connectivity index (χ0) is 21.3. The van der Waals surface area contributed by atoms with Crippen LogP contribution in [0.1, 0.15) is 58.4 Å². The zero-order valence-electron chi connectivity index (χ0n) is 16.8. The molecule has 4 amide bonds. The molecular weight excluding hydrogens is 384 g/mol. The first-order chi connectivity index (χ1) is 14.4. The lowest BCUT2D eigenvalue weighted by atomic mass is 9.86. The van der Waals surface area contributed by atoms with Crippen molar-refractivity contribution >= 4 is 23.6 Å². The minimum atomic E-state index is -0.944. The summed E-state index contributed by atoms with van der Waals surface area (Å²) in [5, 5.41) is 9.24. The molecule has 0 bridgehead atoms. The maximum atomic E-state index is 13.0. The summed E-state index contributed by atoms with van der Waals surface area (Å²) in [6.07, 6.45) is 5.14. The Kier molecular flexibility index (Phi) is 5.53. The summed E-state index contributed by atoms with van der Waals surface area (Å²) >= 11 is 0. The molecule has 0 aromatic heterocycles. The number of imide groups is 2. The highest BCUT2D eigenvalue weighted by atomic mass is 16.2. The van der Waals surface area contributed by atoms with Crippen LogP contribution in [-0.2, 0) is 16.1 Å². The Balaban J connectivity index is 1.51. The summed E-state index contributed by atoms with van der Waals surface area (Å²) in [6.45, 7) is 6.29. The van der Waals surface area contributed by atoms with E-state index in [0.717, 1.165) is 42.8 Å². The highest BCUT2D eigenvalue weighted by Crippen LogP contribution is 2.29. The van der Waals surface area contributed by atoms with Gasteiger partial charge in [-0.2, -0.15) is 0 Å². The van der Waals surface area contributed by atoms with Crippen LogP contribution in [0.15, 0.2) is 30.9 Å². The van der Waals surface area contributed by atoms with Crippen molar-refractivity contribution in [2.75, 3.05) is 13.1 Å². The maximum absolute atomic E-state index is 13.0. The van der Waals surface area contributed by atoms with Gasteiger partial charge in [0.2, 0.25) is 11.8 Å². The number of rotatable bonds is 6. The van der Waals surface area contributed by atoms with Gasteiger partial charge in [0, 0.05) is 25.0 Å². The van der Waals surface area contributed by atoms with Crippen molar-refractivity contribution in [3.63, 3.8) is 0 Å². The van der Waals surface area contributed by atoms with Gasteiger partial charge in [0.05, 0.1) is 11.1 Å². The van der Waals surface area contributed by atoms with Crippen LogP contribution in [0.5, 0.6) is 0 Å². The number of hydrogen-bond acceptors (Lipinski definition) is 6. The van der Waals surface area contributed by atoms with Gasteiger partial charge < -0.3 is 10.6 Å². The first-order valence-corrected chi connectivity index (χ1v) is 10.4. The molecule has 3 aliphatic heterocycles. The highest BCUT2D eigenvalue weighted by molar-refractivity contribution is 6.23. The fourth-order valence-electron chi connectivity index (χ4n) is 4.56. The van der Waals surface area contributed by atoms with Crippen LogP contribution >= 0.6 is 0 Å². The van der Waals surface area contributed by atoms with Crippen LogP contribution in [0.4, 0.5) is 0 Å². The number of benzene rings is 1. The predicted molar refractivity (Wildman–Crippen MR) is 110 cm³/mol. The van der Waals surface area contributed by atoms with Gasteiger partial charge in [-0.05, 0) is 49.9 Å². The molecule has 2 saturated heterocycles. The number of amides is 4. The molecule has 2 fully saturated rings. The van der Waals surface area contributed by atoms with E-state index in [9.17, 15) is 19.2 Å². The van der Waals surface area contributed by atoms with Crippen LogP contribution < -0.4 is 16.0 Å². The number of piperidine rings is 2. The standard InChI is InChI=1S/C22H26N4O4/c1-2-8-22(9-3-10-23-13-22)24-12-14-4-5-15-16(11-14)21(30)26(20(15)29)17-6-7-18(27)25-19(17)28/h2,4-5,11,17,23-24H,1,3,6-10,12-13H2,(H,25,27,28). The third kappa shape index (κ3) is 3.68. The Bertz CT molecular complexity index is 920. The minimum absolute atomic E-state index is 0.0718. The lowest BCUT2D eigenvalue weighted by Crippen LogP contribution is -2.55. The van der Waals surface area contributed by atoms with E-state index in [0.29, 0.717) is 17.7 Å². The maximum Gasteiger partial charge on any atom is 0.262 e. The van der Waals surface area contributed by atoms with E-state index in [1.807, 2.05) is 12.1 Å². The molecule has 1 aromatic rings. The topological polar surface area (TPSA) is 108 Å². The highest BCUT2D eigenvalue weighted by Gasteiger charge is 2.44. The second kappa shape index (κ2) is 8.12. The molecule has 3 N–H and O–H groups in total. The van der Waals surface area contributed by atoms with Crippen molar-refractivity contribution in [1.82, 2.24) is 20.9 Å². The number of hydrogen-bond donors (Lipinski definition) is 3. The van der Waals surface area contributed by atoms with E-state index in [-0.39, 0.29) is 24.3 Å². The molecule has 158 valence electrons. The second-order valence-corrected chi connectivity index (χ2v) is 8.23. The van der Waals surface area contributed by atoms with Gasteiger partial charge in [0.15, 0.2) is 0 Å². The molecule has 0 spiro atoms. The van der Waals surface area contributed by atoms with Crippen LogP contribution in [0.25, 0.3) is 0 Å². The molecule has 8 heteroatoms. The van der Waals surface area contributed by atoms with Crippen LogP contribution in [0.2, 0.25) is 0 Å². The smallest absolute Gasteiger partial charge is 0.262 e. The molecule has 0 saturated carbocycles. The lowest BCUT2D eigenvalue weighted by molar-refractivity contribution is -0.136. The fraction of sp³-hybridized carbons (Fsp3) is 0.455. The Labute approximate surface area is 175 Å². The Morgan fingerprint density at radius 1 is 1.20 bits per heavy atom. The summed E-state index contributed by atoms with van der Waals surface area (Å²) < 4.78 is 0. The Morgan fingerprint density at radius 3 is 2.70 bits per heavy atom. The molecule has 30 heavy (non-hydrogen) atoms. The summed E-state index contributed by atoms with van der Waals surface area (Å²) in [7, 11) is 0. The van der Waals surface area contributed by atoms with E-state index in [1.165, 1.54) is 0 Å². The van der Waals surface area contributed by atoms with E-state index in [2.05, 4.69) is 22.5 Å². The number of nitrogens with one attached hydrogen (secondary N) is 3. The molecular formula is C22H26N4O4. The molecule has 2 unspecified atom stereocenters. The number of nitrogens with zero attached hydrogens (tertiary/aromatic N) is 1. The molecule has 3 aliphatic rings. The number of fused-ring (bicyclic) bond motifs is 1. The average molecular weight is 410 g/mol. The van der Waals surface area contributed by atoms with E-state index >= 15 is 0 Å². The van der Waals surface area contributed by atoms with Crippen LogP contribution in [-0.4, -0.2) is 53.2 Å². The van der Waals surface area contributed by atoms with E-state index < -0.39 is 23.8 Å². The van der Waals surface area contributed by atoms with Gasteiger partial charge in [0.1, 0.15) is 6.04 Å². The van der Waals surface area contributed by atoms with Crippen LogP contribution in [0.3, 0.4) is 0 Å². The van der Waals surface area contributed by atoms with Gasteiger partial charge in [-0.15, -0.1) is 6.58 Å². The first kappa shape index (κ1) is 20.4. The van der Waals surface area contributed by atoms with Crippen molar-refractivity contribution < 1.29 is 19.2 Å². The Morgan fingerprint density at radius 2 is 2.00 bits per heavy atom. The van der Waals surface area contributed by atoms with E-state index in [4.69, 9.17) is 0 Å². The molecule has 8 nitrogen and oxygen atoms in total. The molecule has 1 aromatic carbocycles. The lowest BCUT2D eigenvalue weighted by Gasteiger charge is -2.38. The third-order valence-corrected chi connectivity index (χ3v) is 6.18. The Hall–Kier alpha value is -2.84. The molecule has 3 heterocycles. The quantitative estimate of drug-likeness (QED) is 0.475.